The van der Waals surface area contributed by atoms with Crippen LogP contribution in [0.1, 0.15) is 0 Å². The van der Waals surface area contributed by atoms with Crippen LogP contribution < -0.4 is 22.0 Å². The molecule has 0 saturated heterocycles. The molecule has 4 rings (SSSR count). The number of hydrogen-bond acceptors (Lipinski definition) is 4. The maximum atomic E-state index is 5.75. The summed E-state index contributed by atoms with van der Waals surface area (Å²) in [6.45, 7) is 0. The summed E-state index contributed by atoms with van der Waals surface area (Å²) in [5, 5.41) is 0. The van der Waals surface area contributed by atoms with E-state index < -0.39 is 7.26 Å². The average Bonchev–Trinajstić information content (AvgIpc) is 3.32. The average molecular weight is 407 g/mol. The molecule has 0 fully saturated rings. The maximum absolute atomic E-state index is 5.75. The van der Waals surface area contributed by atoms with Gasteiger partial charge in [-0.1, -0.05) is 0 Å². The Labute approximate surface area is 141 Å². The summed E-state index contributed by atoms with van der Waals surface area (Å²) >= 11 is 0. The van der Waals surface area contributed by atoms with Gasteiger partial charge in [0.05, 0.1) is 0 Å². The standard InChI is InChI=1S/C16H13O4P.Pd/c1-5-13(17-9-1)21(14-6-2-10-18-14,15-7-3-11-19-15)16-8-4-12-20-16;/h1-12,21H;. The molecule has 0 aliphatic rings. The molecule has 0 unspecified atom stereocenters. The second-order valence-corrected chi connectivity index (χ2v) is 8.13. The molecule has 0 saturated carbocycles. The first-order valence-corrected chi connectivity index (χ1v) is 8.58. The molecule has 6 heteroatoms. The Morgan fingerprint density at radius 2 is 0.773 bits per heavy atom. The zero-order valence-corrected chi connectivity index (χ0v) is 13.9. The second-order valence-electron chi connectivity index (χ2n) is 4.66. The molecule has 22 heavy (non-hydrogen) atoms. The Morgan fingerprint density at radius 3 is 0.955 bits per heavy atom. The van der Waals surface area contributed by atoms with Gasteiger partial charge in [-0.2, -0.15) is 0 Å². The molecule has 4 aromatic rings. The SMILES string of the molecule is [Pd].c1coc([PH](c2ccco2)(c2ccco2)c2ccco2)c1. The van der Waals surface area contributed by atoms with Gasteiger partial charge < -0.3 is 0 Å². The predicted octanol–water partition coefficient (Wildman–Crippen LogP) is 2.41. The van der Waals surface area contributed by atoms with Crippen molar-refractivity contribution in [3.8, 4) is 0 Å². The first-order valence-electron chi connectivity index (χ1n) is 6.58. The quantitative estimate of drug-likeness (QED) is 0.386. The molecule has 116 valence electrons. The molecule has 0 N–H and O–H groups in total. The van der Waals surface area contributed by atoms with Crippen molar-refractivity contribution in [3.63, 3.8) is 0 Å². The first kappa shape index (κ1) is 15.1. The summed E-state index contributed by atoms with van der Waals surface area (Å²) in [6, 6.07) is 15.2. The number of rotatable bonds is 4. The van der Waals surface area contributed by atoms with Crippen molar-refractivity contribution < 1.29 is 38.1 Å². The molecule has 4 nitrogen and oxygen atoms in total. The van der Waals surface area contributed by atoms with Gasteiger partial charge in [-0.25, -0.2) is 0 Å². The zero-order chi connectivity index (χ0) is 14.1. The normalized spacial score (nSPS) is 12.0. The van der Waals surface area contributed by atoms with Crippen LogP contribution in [0.3, 0.4) is 0 Å². The molecule has 4 aromatic heterocycles. The molecule has 0 aliphatic carbocycles. The minimum absolute atomic E-state index is 0. The van der Waals surface area contributed by atoms with E-state index in [-0.39, 0.29) is 20.4 Å². The van der Waals surface area contributed by atoms with Crippen LogP contribution in [0.25, 0.3) is 0 Å². The van der Waals surface area contributed by atoms with Crippen LogP contribution in [0.4, 0.5) is 0 Å². The fourth-order valence-corrected chi connectivity index (χ4v) is 6.52. The molecule has 0 aromatic carbocycles. The summed E-state index contributed by atoms with van der Waals surface area (Å²) in [4.78, 5) is 0. The van der Waals surface area contributed by atoms with Crippen LogP contribution in [-0.2, 0) is 20.4 Å². The van der Waals surface area contributed by atoms with E-state index in [1.807, 2.05) is 48.5 Å². The van der Waals surface area contributed by atoms with Crippen molar-refractivity contribution >= 4 is 29.3 Å². The summed E-state index contributed by atoms with van der Waals surface area (Å²) in [6.07, 6.45) is 6.63. The number of hydrogen-bond donors (Lipinski definition) is 0. The summed E-state index contributed by atoms with van der Waals surface area (Å²) in [7, 11) is -2.76. The van der Waals surface area contributed by atoms with E-state index in [1.54, 1.807) is 25.1 Å². The van der Waals surface area contributed by atoms with Gasteiger partial charge >= 0.3 is 121 Å². The van der Waals surface area contributed by atoms with Crippen LogP contribution in [0.2, 0.25) is 0 Å². The summed E-state index contributed by atoms with van der Waals surface area (Å²) < 4.78 is 23.0. The van der Waals surface area contributed by atoms with Crippen LogP contribution in [0.5, 0.6) is 0 Å². The van der Waals surface area contributed by atoms with E-state index >= 15 is 0 Å². The third kappa shape index (κ3) is 2.14. The van der Waals surface area contributed by atoms with Gasteiger partial charge in [-0.3, -0.25) is 0 Å². The zero-order valence-electron chi connectivity index (χ0n) is 11.4. The topological polar surface area (TPSA) is 52.6 Å². The van der Waals surface area contributed by atoms with E-state index in [0.717, 1.165) is 22.0 Å². The van der Waals surface area contributed by atoms with Crippen molar-refractivity contribution in [1.29, 1.82) is 0 Å². The molecule has 0 spiro atoms. The summed E-state index contributed by atoms with van der Waals surface area (Å²) in [5.74, 6) is 0. The Hall–Kier alpha value is -1.79. The Bertz CT molecular complexity index is 644. The molecule has 0 atom stereocenters. The van der Waals surface area contributed by atoms with Gasteiger partial charge in [0.2, 0.25) is 0 Å². The van der Waals surface area contributed by atoms with Gasteiger partial charge in [0.25, 0.3) is 0 Å². The van der Waals surface area contributed by atoms with Gasteiger partial charge in [0.15, 0.2) is 0 Å². The molecule has 0 bridgehead atoms. The third-order valence-corrected chi connectivity index (χ3v) is 7.66. The van der Waals surface area contributed by atoms with Gasteiger partial charge in [0, 0.05) is 20.4 Å². The molecule has 0 radical (unpaired) electrons. The van der Waals surface area contributed by atoms with Gasteiger partial charge in [-0.15, -0.1) is 0 Å². The fraction of sp³-hybridized carbons (Fsp3) is 0. The second kappa shape index (κ2) is 6.14. The van der Waals surface area contributed by atoms with Crippen molar-refractivity contribution in [3.05, 3.63) is 73.6 Å². The van der Waals surface area contributed by atoms with Crippen LogP contribution in [0.15, 0.2) is 91.3 Å². The fourth-order valence-electron chi connectivity index (χ4n) is 2.70. The van der Waals surface area contributed by atoms with Crippen molar-refractivity contribution in [2.75, 3.05) is 0 Å². The van der Waals surface area contributed by atoms with Crippen molar-refractivity contribution in [1.82, 2.24) is 0 Å². The van der Waals surface area contributed by atoms with E-state index in [1.165, 1.54) is 0 Å². The van der Waals surface area contributed by atoms with Crippen molar-refractivity contribution in [2.45, 2.75) is 0 Å². The van der Waals surface area contributed by atoms with E-state index in [9.17, 15) is 0 Å². The monoisotopic (exact) mass is 406 g/mol. The first-order chi connectivity index (χ1) is 10.4. The van der Waals surface area contributed by atoms with E-state index in [4.69, 9.17) is 17.7 Å². The van der Waals surface area contributed by atoms with Crippen LogP contribution >= 0.6 is 7.26 Å². The minimum atomic E-state index is -2.76. The van der Waals surface area contributed by atoms with Gasteiger partial charge in [0.1, 0.15) is 0 Å². The molecule has 0 aliphatic heterocycles. The van der Waals surface area contributed by atoms with E-state index in [0.29, 0.717) is 0 Å². The van der Waals surface area contributed by atoms with Crippen LogP contribution in [-0.4, -0.2) is 0 Å². The van der Waals surface area contributed by atoms with E-state index in [2.05, 4.69) is 0 Å². The third-order valence-electron chi connectivity index (χ3n) is 3.56. The Morgan fingerprint density at radius 1 is 0.500 bits per heavy atom. The molecular weight excluding hydrogens is 394 g/mol. The molecule has 0 amide bonds. The summed E-state index contributed by atoms with van der Waals surface area (Å²) in [5.41, 5.74) is 3.23. The van der Waals surface area contributed by atoms with Gasteiger partial charge in [-0.05, 0) is 0 Å². The Balaban J connectivity index is 0.00000144. The van der Waals surface area contributed by atoms with Crippen molar-refractivity contribution in [2.24, 2.45) is 0 Å². The molecular formula is C16H13O4PPd. The number of furan rings is 4. The predicted molar refractivity (Wildman–Crippen MR) is 81.7 cm³/mol. The van der Waals surface area contributed by atoms with Crippen LogP contribution in [0, 0.1) is 0 Å². The molecule has 4 heterocycles. The Kier molecular flexibility index (Phi) is 4.22.